The zero-order valence-corrected chi connectivity index (χ0v) is 11.2. The molecule has 0 saturated heterocycles. The van der Waals surface area contributed by atoms with Crippen molar-refractivity contribution in [3.63, 3.8) is 0 Å². The number of phenolic OH excluding ortho intramolecular Hbond substituents is 1. The second kappa shape index (κ2) is 5.22. The van der Waals surface area contributed by atoms with Crippen LogP contribution in [0.2, 0.25) is 0 Å². The summed E-state index contributed by atoms with van der Waals surface area (Å²) in [6.07, 6.45) is -4.87. The summed E-state index contributed by atoms with van der Waals surface area (Å²) in [5.41, 5.74) is -2.35. The van der Waals surface area contributed by atoms with E-state index in [0.717, 1.165) is 13.2 Å². The van der Waals surface area contributed by atoms with Crippen LogP contribution < -0.4 is 4.74 Å². The van der Waals surface area contributed by atoms with Gasteiger partial charge < -0.3 is 14.9 Å². The summed E-state index contributed by atoms with van der Waals surface area (Å²) in [6.45, 7) is 2.81. The molecule has 0 heterocycles. The van der Waals surface area contributed by atoms with Gasteiger partial charge in [-0.2, -0.15) is 13.2 Å². The number of carboxylic acid groups (broad SMARTS) is 1. The Hall–Kier alpha value is -1.92. The highest BCUT2D eigenvalue weighted by Gasteiger charge is 2.37. The summed E-state index contributed by atoms with van der Waals surface area (Å²) in [5.74, 6) is -2.47. The molecule has 0 amide bonds. The third-order valence-electron chi connectivity index (χ3n) is 2.89. The number of halogens is 3. The largest absolute Gasteiger partial charge is 0.504 e. The van der Waals surface area contributed by atoms with Gasteiger partial charge in [0.15, 0.2) is 11.5 Å². The molecule has 1 rings (SSSR count). The fourth-order valence-corrected chi connectivity index (χ4v) is 1.72. The first-order valence-electron chi connectivity index (χ1n) is 5.69. The van der Waals surface area contributed by atoms with Gasteiger partial charge in [-0.15, -0.1) is 0 Å². The molecular weight excluding hydrogens is 277 g/mol. The first-order chi connectivity index (χ1) is 8.99. The van der Waals surface area contributed by atoms with Crippen LogP contribution in [-0.2, 0) is 17.4 Å². The van der Waals surface area contributed by atoms with E-state index in [4.69, 9.17) is 9.84 Å². The molecule has 1 aromatic carbocycles. The van der Waals surface area contributed by atoms with Gasteiger partial charge in [0.2, 0.25) is 0 Å². The van der Waals surface area contributed by atoms with Crippen LogP contribution in [0, 0.1) is 5.41 Å². The third kappa shape index (κ3) is 3.34. The maximum Gasteiger partial charge on any atom is 0.420 e. The Labute approximate surface area is 113 Å². The average molecular weight is 292 g/mol. The number of carboxylic acids is 1. The average Bonchev–Trinajstić information content (AvgIpc) is 2.29. The number of ether oxygens (including phenoxy) is 1. The number of benzene rings is 1. The van der Waals surface area contributed by atoms with Gasteiger partial charge in [0.05, 0.1) is 12.5 Å². The van der Waals surface area contributed by atoms with E-state index in [2.05, 4.69) is 0 Å². The van der Waals surface area contributed by atoms with Crippen molar-refractivity contribution in [2.45, 2.75) is 26.4 Å². The molecule has 0 saturated carbocycles. The maximum atomic E-state index is 12.8. The highest BCUT2D eigenvalue weighted by Crippen LogP contribution is 2.42. The number of alkyl halides is 3. The molecule has 0 aliphatic heterocycles. The van der Waals surface area contributed by atoms with Crippen LogP contribution in [0.4, 0.5) is 13.2 Å². The van der Waals surface area contributed by atoms with E-state index in [9.17, 15) is 23.1 Å². The number of carbonyl (C=O) groups is 1. The lowest BCUT2D eigenvalue weighted by Gasteiger charge is -2.21. The molecule has 0 spiro atoms. The molecule has 4 nitrogen and oxygen atoms in total. The molecule has 0 aliphatic carbocycles. The van der Waals surface area contributed by atoms with Crippen LogP contribution in [0.1, 0.15) is 25.0 Å². The number of rotatable bonds is 4. The van der Waals surface area contributed by atoms with Crippen molar-refractivity contribution in [2.24, 2.45) is 5.41 Å². The molecule has 0 unspecified atom stereocenters. The molecule has 0 aliphatic rings. The Morgan fingerprint density at radius 1 is 1.30 bits per heavy atom. The number of methoxy groups -OCH3 is 1. The molecule has 112 valence electrons. The van der Waals surface area contributed by atoms with Gasteiger partial charge in [0.1, 0.15) is 5.56 Å². The number of hydrogen-bond donors (Lipinski definition) is 2. The Bertz CT molecular complexity index is 521. The van der Waals surface area contributed by atoms with Crippen LogP contribution in [-0.4, -0.2) is 23.3 Å². The standard InChI is InChI=1S/C13H15F3O4/c1-12(2,11(18)19)6-7-4-8(13(14,15)16)10(17)9(5-7)20-3/h4-5,17H,6H2,1-3H3,(H,18,19). The van der Waals surface area contributed by atoms with E-state index in [1.165, 1.54) is 19.9 Å². The molecule has 0 atom stereocenters. The van der Waals surface area contributed by atoms with E-state index in [1.54, 1.807) is 0 Å². The maximum absolute atomic E-state index is 12.8. The van der Waals surface area contributed by atoms with E-state index < -0.39 is 28.9 Å². The van der Waals surface area contributed by atoms with Crippen molar-refractivity contribution >= 4 is 5.97 Å². The van der Waals surface area contributed by atoms with Gasteiger partial charge in [-0.1, -0.05) is 0 Å². The normalized spacial score (nSPS) is 12.3. The van der Waals surface area contributed by atoms with Crippen molar-refractivity contribution < 1.29 is 32.9 Å². The van der Waals surface area contributed by atoms with Crippen molar-refractivity contribution in [3.05, 3.63) is 23.3 Å². The highest BCUT2D eigenvalue weighted by atomic mass is 19.4. The zero-order valence-electron chi connectivity index (χ0n) is 11.2. The molecule has 0 bridgehead atoms. The molecule has 0 radical (unpaired) electrons. The van der Waals surface area contributed by atoms with Gasteiger partial charge >= 0.3 is 12.1 Å². The monoisotopic (exact) mass is 292 g/mol. The first-order valence-corrected chi connectivity index (χ1v) is 5.69. The van der Waals surface area contributed by atoms with E-state index in [0.29, 0.717) is 0 Å². The molecule has 1 aromatic rings. The molecule has 2 N–H and O–H groups in total. The first kappa shape index (κ1) is 16.1. The lowest BCUT2D eigenvalue weighted by Crippen LogP contribution is -2.26. The predicted molar refractivity (Wildman–Crippen MR) is 64.8 cm³/mol. The van der Waals surface area contributed by atoms with Crippen LogP contribution in [0.5, 0.6) is 11.5 Å². The molecule has 0 aromatic heterocycles. The molecule has 0 fully saturated rings. The smallest absolute Gasteiger partial charge is 0.420 e. The Kier molecular flexibility index (Phi) is 4.21. The van der Waals surface area contributed by atoms with Crippen LogP contribution >= 0.6 is 0 Å². The number of aromatic hydroxyl groups is 1. The summed E-state index contributed by atoms with van der Waals surface area (Å²) in [4.78, 5) is 11.0. The lowest BCUT2D eigenvalue weighted by molar-refractivity contribution is -0.146. The molecule has 20 heavy (non-hydrogen) atoms. The van der Waals surface area contributed by atoms with Crippen molar-refractivity contribution in [3.8, 4) is 11.5 Å². The summed E-state index contributed by atoms with van der Waals surface area (Å²) >= 11 is 0. The summed E-state index contributed by atoms with van der Waals surface area (Å²) in [5, 5.41) is 18.5. The van der Waals surface area contributed by atoms with E-state index in [1.807, 2.05) is 0 Å². The van der Waals surface area contributed by atoms with Gasteiger partial charge in [0, 0.05) is 0 Å². The van der Waals surface area contributed by atoms with Gasteiger partial charge in [-0.3, -0.25) is 4.79 Å². The fraction of sp³-hybridized carbons (Fsp3) is 0.462. The Morgan fingerprint density at radius 2 is 1.85 bits per heavy atom. The zero-order chi connectivity index (χ0) is 15.7. The van der Waals surface area contributed by atoms with Crippen LogP contribution in [0.15, 0.2) is 12.1 Å². The van der Waals surface area contributed by atoms with Crippen LogP contribution in [0.25, 0.3) is 0 Å². The minimum atomic E-state index is -4.75. The Morgan fingerprint density at radius 3 is 2.25 bits per heavy atom. The van der Waals surface area contributed by atoms with Crippen molar-refractivity contribution in [1.29, 1.82) is 0 Å². The SMILES string of the molecule is COc1cc(CC(C)(C)C(=O)O)cc(C(F)(F)F)c1O. The van der Waals surface area contributed by atoms with E-state index >= 15 is 0 Å². The minimum absolute atomic E-state index is 0.123. The van der Waals surface area contributed by atoms with Crippen LogP contribution in [0.3, 0.4) is 0 Å². The van der Waals surface area contributed by atoms with Crippen molar-refractivity contribution in [1.82, 2.24) is 0 Å². The van der Waals surface area contributed by atoms with E-state index in [-0.39, 0.29) is 17.7 Å². The minimum Gasteiger partial charge on any atom is -0.504 e. The second-order valence-electron chi connectivity index (χ2n) is 5.06. The van der Waals surface area contributed by atoms with Gasteiger partial charge in [0.25, 0.3) is 0 Å². The Balaban J connectivity index is 3.33. The van der Waals surface area contributed by atoms with Gasteiger partial charge in [-0.25, -0.2) is 0 Å². The second-order valence-corrected chi connectivity index (χ2v) is 5.06. The fourth-order valence-electron chi connectivity index (χ4n) is 1.72. The molecule has 7 heteroatoms. The lowest BCUT2D eigenvalue weighted by atomic mass is 9.85. The summed E-state index contributed by atoms with van der Waals surface area (Å²) in [7, 11) is 1.13. The van der Waals surface area contributed by atoms with Crippen molar-refractivity contribution in [2.75, 3.05) is 7.11 Å². The number of phenols is 1. The highest BCUT2D eigenvalue weighted by molar-refractivity contribution is 5.74. The predicted octanol–water partition coefficient (Wildman–Crippen LogP) is 3.07. The molecular formula is C13H15F3O4. The van der Waals surface area contributed by atoms with Gasteiger partial charge in [-0.05, 0) is 38.0 Å². The third-order valence-corrected chi connectivity index (χ3v) is 2.89. The number of aliphatic carboxylic acids is 1. The topological polar surface area (TPSA) is 66.8 Å². The number of hydrogen-bond acceptors (Lipinski definition) is 3. The quantitative estimate of drug-likeness (QED) is 0.895. The summed E-state index contributed by atoms with van der Waals surface area (Å²) < 4.78 is 43.1. The summed E-state index contributed by atoms with van der Waals surface area (Å²) in [6, 6.07) is 1.94.